The zero-order valence-corrected chi connectivity index (χ0v) is 9.70. The molecule has 1 aliphatic carbocycles. The van der Waals surface area contributed by atoms with E-state index in [1.807, 2.05) is 6.07 Å². The van der Waals surface area contributed by atoms with E-state index < -0.39 is 5.97 Å². The van der Waals surface area contributed by atoms with Crippen molar-refractivity contribution in [3.63, 3.8) is 0 Å². The van der Waals surface area contributed by atoms with E-state index in [1.54, 1.807) is 4.90 Å². The Morgan fingerprint density at radius 3 is 2.62 bits per heavy atom. The van der Waals surface area contributed by atoms with Crippen molar-refractivity contribution in [1.82, 2.24) is 4.90 Å². The van der Waals surface area contributed by atoms with E-state index in [9.17, 15) is 9.59 Å². The summed E-state index contributed by atoms with van der Waals surface area (Å²) >= 11 is 1.10. The summed E-state index contributed by atoms with van der Waals surface area (Å²) in [5.74, 6) is -0.826. The molecule has 0 bridgehead atoms. The van der Waals surface area contributed by atoms with Gasteiger partial charge in [-0.1, -0.05) is 0 Å². The van der Waals surface area contributed by atoms with Gasteiger partial charge < -0.3 is 10.0 Å². The van der Waals surface area contributed by atoms with Gasteiger partial charge in [0.25, 0.3) is 0 Å². The first-order valence-electron chi connectivity index (χ1n) is 5.11. The summed E-state index contributed by atoms with van der Waals surface area (Å²) < 4.78 is 0. The molecule has 0 atom stereocenters. The molecule has 16 heavy (non-hydrogen) atoms. The number of carboxylic acids is 1. The number of nitrogens with zero attached hydrogens (tertiary/aromatic N) is 2. The van der Waals surface area contributed by atoms with Crippen LogP contribution in [0.15, 0.2) is 0 Å². The fourth-order valence-electron chi connectivity index (χ4n) is 1.38. The Bertz CT molecular complexity index is 310. The molecule has 1 saturated carbocycles. The summed E-state index contributed by atoms with van der Waals surface area (Å²) in [6.45, 7) is 0.466. The number of carboxylic acid groups (broad SMARTS) is 1. The molecule has 0 spiro atoms. The van der Waals surface area contributed by atoms with E-state index >= 15 is 0 Å². The summed E-state index contributed by atoms with van der Waals surface area (Å²) in [5, 5.41) is 16.9. The first-order chi connectivity index (χ1) is 7.65. The minimum atomic E-state index is -0.909. The largest absolute Gasteiger partial charge is 0.481 e. The number of hydrogen-bond acceptors (Lipinski definition) is 4. The van der Waals surface area contributed by atoms with Crippen molar-refractivity contribution < 1.29 is 14.7 Å². The molecule has 1 fully saturated rings. The van der Waals surface area contributed by atoms with Crippen molar-refractivity contribution in [2.24, 2.45) is 0 Å². The third-order valence-corrected chi connectivity index (χ3v) is 3.13. The lowest BCUT2D eigenvalue weighted by Gasteiger charge is -2.20. The van der Waals surface area contributed by atoms with Crippen LogP contribution in [0.4, 0.5) is 0 Å². The van der Waals surface area contributed by atoms with E-state index in [2.05, 4.69) is 0 Å². The van der Waals surface area contributed by atoms with Crippen LogP contribution in [-0.4, -0.2) is 46.0 Å². The quantitative estimate of drug-likeness (QED) is 0.711. The first kappa shape index (κ1) is 12.8. The lowest BCUT2D eigenvalue weighted by atomic mass is 10.4. The lowest BCUT2D eigenvalue weighted by molar-refractivity contribution is -0.133. The molecule has 1 amide bonds. The van der Waals surface area contributed by atoms with Gasteiger partial charge in [-0.05, 0) is 12.8 Å². The van der Waals surface area contributed by atoms with E-state index in [0.717, 1.165) is 24.6 Å². The molecule has 0 saturated heterocycles. The molecule has 0 heterocycles. The van der Waals surface area contributed by atoms with Crippen LogP contribution in [0.1, 0.15) is 19.3 Å². The van der Waals surface area contributed by atoms with Crippen molar-refractivity contribution in [2.75, 3.05) is 18.1 Å². The fourth-order valence-corrected chi connectivity index (χ4v) is 1.99. The van der Waals surface area contributed by atoms with Crippen molar-refractivity contribution in [3.05, 3.63) is 0 Å². The molecule has 1 N–H and O–H groups in total. The highest BCUT2D eigenvalue weighted by Gasteiger charge is 2.31. The van der Waals surface area contributed by atoms with Crippen LogP contribution in [-0.2, 0) is 9.59 Å². The van der Waals surface area contributed by atoms with Gasteiger partial charge in [-0.3, -0.25) is 9.59 Å². The molecular weight excluding hydrogens is 228 g/mol. The van der Waals surface area contributed by atoms with Crippen LogP contribution in [0, 0.1) is 11.3 Å². The minimum Gasteiger partial charge on any atom is -0.481 e. The van der Waals surface area contributed by atoms with Crippen LogP contribution in [0.2, 0.25) is 0 Å². The average Bonchev–Trinajstić information content (AvgIpc) is 3.02. The lowest BCUT2D eigenvalue weighted by Crippen LogP contribution is -2.35. The number of carbonyl (C=O) groups is 2. The minimum absolute atomic E-state index is 0.0519. The van der Waals surface area contributed by atoms with Crippen LogP contribution in [0.5, 0.6) is 0 Å². The molecule has 0 aromatic heterocycles. The molecule has 0 unspecified atom stereocenters. The Morgan fingerprint density at radius 2 is 2.12 bits per heavy atom. The molecule has 0 aromatic rings. The average molecular weight is 242 g/mol. The van der Waals surface area contributed by atoms with Gasteiger partial charge in [-0.15, -0.1) is 11.8 Å². The number of hydrogen-bond donors (Lipinski definition) is 1. The van der Waals surface area contributed by atoms with Crippen LogP contribution in [0.3, 0.4) is 0 Å². The van der Waals surface area contributed by atoms with Crippen molar-refractivity contribution >= 4 is 23.6 Å². The van der Waals surface area contributed by atoms with Crippen LogP contribution >= 0.6 is 11.8 Å². The first-order valence-corrected chi connectivity index (χ1v) is 6.26. The van der Waals surface area contributed by atoms with Gasteiger partial charge >= 0.3 is 5.97 Å². The summed E-state index contributed by atoms with van der Waals surface area (Å²) in [7, 11) is 0. The third kappa shape index (κ3) is 4.53. The number of amides is 1. The van der Waals surface area contributed by atoms with E-state index in [1.165, 1.54) is 0 Å². The van der Waals surface area contributed by atoms with Crippen LogP contribution in [0.25, 0.3) is 0 Å². The number of carbonyl (C=O) groups excluding carboxylic acids is 1. The molecule has 1 rings (SSSR count). The van der Waals surface area contributed by atoms with E-state index in [0.29, 0.717) is 13.0 Å². The SMILES string of the molecule is N#CCCN(C(=O)CSCC(=O)O)C1CC1. The highest BCUT2D eigenvalue weighted by Crippen LogP contribution is 2.27. The Kier molecular flexibility index (Phi) is 5.12. The maximum Gasteiger partial charge on any atom is 0.313 e. The molecule has 0 aliphatic heterocycles. The van der Waals surface area contributed by atoms with Crippen molar-refractivity contribution in [3.8, 4) is 6.07 Å². The molecule has 0 aromatic carbocycles. The second kappa shape index (κ2) is 6.38. The Morgan fingerprint density at radius 1 is 1.44 bits per heavy atom. The Balaban J connectivity index is 2.30. The van der Waals surface area contributed by atoms with Gasteiger partial charge in [-0.25, -0.2) is 0 Å². The molecule has 5 nitrogen and oxygen atoms in total. The maximum absolute atomic E-state index is 11.7. The number of aliphatic carboxylic acids is 1. The number of nitriles is 1. The third-order valence-electron chi connectivity index (χ3n) is 2.22. The predicted octanol–water partition coefficient (Wildman–Crippen LogP) is 0.709. The highest BCUT2D eigenvalue weighted by atomic mass is 32.2. The normalized spacial score (nSPS) is 14.2. The summed E-state index contributed by atoms with van der Waals surface area (Å²) in [5.41, 5.74) is 0. The van der Waals surface area contributed by atoms with Crippen LogP contribution < -0.4 is 0 Å². The van der Waals surface area contributed by atoms with E-state index in [4.69, 9.17) is 10.4 Å². The molecule has 0 radical (unpaired) electrons. The molecule has 6 heteroatoms. The smallest absolute Gasteiger partial charge is 0.313 e. The van der Waals surface area contributed by atoms with E-state index in [-0.39, 0.29) is 23.5 Å². The Hall–Kier alpha value is -1.22. The zero-order valence-electron chi connectivity index (χ0n) is 8.89. The number of thioether (sulfide) groups is 1. The summed E-state index contributed by atoms with van der Waals surface area (Å²) in [6, 6.07) is 2.30. The fraction of sp³-hybridized carbons (Fsp3) is 0.700. The monoisotopic (exact) mass is 242 g/mol. The molecular formula is C10H14N2O3S. The standard InChI is InChI=1S/C10H14N2O3S/c11-4-1-5-12(8-2-3-8)9(13)6-16-7-10(14)15/h8H,1-3,5-7H2,(H,14,15). The van der Waals surface area contributed by atoms with Gasteiger partial charge in [0.15, 0.2) is 0 Å². The van der Waals surface area contributed by atoms with Crippen molar-refractivity contribution in [1.29, 1.82) is 5.26 Å². The summed E-state index contributed by atoms with van der Waals surface area (Å²) in [4.78, 5) is 23.7. The maximum atomic E-state index is 11.7. The van der Waals surface area contributed by atoms with Gasteiger partial charge in [0.1, 0.15) is 0 Å². The molecule has 88 valence electrons. The van der Waals surface area contributed by atoms with Gasteiger partial charge in [0, 0.05) is 12.6 Å². The highest BCUT2D eigenvalue weighted by molar-refractivity contribution is 8.00. The summed E-state index contributed by atoms with van der Waals surface area (Å²) in [6.07, 6.45) is 2.34. The van der Waals surface area contributed by atoms with Gasteiger partial charge in [0.05, 0.1) is 24.0 Å². The van der Waals surface area contributed by atoms with Crippen molar-refractivity contribution in [2.45, 2.75) is 25.3 Å². The second-order valence-electron chi connectivity index (χ2n) is 3.61. The van der Waals surface area contributed by atoms with Gasteiger partial charge in [0.2, 0.25) is 5.91 Å². The second-order valence-corrected chi connectivity index (χ2v) is 4.60. The number of rotatable bonds is 7. The zero-order chi connectivity index (χ0) is 12.0. The predicted molar refractivity (Wildman–Crippen MR) is 59.9 cm³/mol. The topological polar surface area (TPSA) is 81.4 Å². The van der Waals surface area contributed by atoms with Gasteiger partial charge in [-0.2, -0.15) is 5.26 Å². The molecule has 1 aliphatic rings. The Labute approximate surface area is 98.4 Å².